The van der Waals surface area contributed by atoms with Gasteiger partial charge in [0.1, 0.15) is 5.82 Å². The third kappa shape index (κ3) is 1.86. The van der Waals surface area contributed by atoms with E-state index in [2.05, 4.69) is 0 Å². The van der Waals surface area contributed by atoms with Gasteiger partial charge in [-0.2, -0.15) is 0 Å². The first-order valence-electron chi connectivity index (χ1n) is 5.37. The molecule has 19 heavy (non-hydrogen) atoms. The van der Waals surface area contributed by atoms with Gasteiger partial charge in [0, 0.05) is 32.3 Å². The molecule has 1 aromatic heterocycles. The van der Waals surface area contributed by atoms with Gasteiger partial charge >= 0.3 is 0 Å². The SMILES string of the molecule is O=c1c2ccc([N+](=O)[O-])cc2sc2ccc(F)cc12. The highest BCUT2D eigenvalue weighted by atomic mass is 32.1. The van der Waals surface area contributed by atoms with E-state index >= 15 is 0 Å². The summed E-state index contributed by atoms with van der Waals surface area (Å²) in [7, 11) is 0. The van der Waals surface area contributed by atoms with Crippen LogP contribution < -0.4 is 5.43 Å². The molecule has 0 saturated heterocycles. The van der Waals surface area contributed by atoms with E-state index < -0.39 is 10.7 Å². The van der Waals surface area contributed by atoms with Crippen LogP contribution in [0.4, 0.5) is 10.1 Å². The summed E-state index contributed by atoms with van der Waals surface area (Å²) in [6, 6.07) is 8.02. The molecular formula is C13H6FNO3S. The standard InChI is InChI=1S/C13H6FNO3S/c14-7-1-4-11-10(5-7)13(16)9-3-2-8(15(17)18)6-12(9)19-11/h1-6H. The zero-order valence-electron chi connectivity index (χ0n) is 9.42. The number of nitrogens with zero attached hydrogens (tertiary/aromatic N) is 1. The van der Waals surface area contributed by atoms with Gasteiger partial charge in [-0.25, -0.2) is 4.39 Å². The second-order valence-electron chi connectivity index (χ2n) is 4.01. The number of benzene rings is 2. The van der Waals surface area contributed by atoms with E-state index in [1.807, 2.05) is 0 Å². The Kier molecular flexibility index (Phi) is 2.53. The zero-order chi connectivity index (χ0) is 13.6. The Morgan fingerprint density at radius 1 is 1.05 bits per heavy atom. The highest BCUT2D eigenvalue weighted by molar-refractivity contribution is 7.24. The van der Waals surface area contributed by atoms with Gasteiger partial charge in [0.25, 0.3) is 5.69 Å². The third-order valence-electron chi connectivity index (χ3n) is 2.83. The third-order valence-corrected chi connectivity index (χ3v) is 3.96. The molecule has 0 aliphatic rings. The summed E-state index contributed by atoms with van der Waals surface area (Å²) in [4.78, 5) is 22.4. The maximum absolute atomic E-state index is 13.2. The number of non-ortho nitro benzene ring substituents is 1. The Morgan fingerprint density at radius 2 is 1.84 bits per heavy atom. The second-order valence-corrected chi connectivity index (χ2v) is 5.09. The molecular weight excluding hydrogens is 269 g/mol. The van der Waals surface area contributed by atoms with E-state index in [0.717, 1.165) is 0 Å². The summed E-state index contributed by atoms with van der Waals surface area (Å²) >= 11 is 1.23. The Morgan fingerprint density at radius 3 is 2.58 bits per heavy atom. The van der Waals surface area contributed by atoms with Crippen LogP contribution in [-0.2, 0) is 0 Å². The molecule has 94 valence electrons. The fraction of sp³-hybridized carbons (Fsp3) is 0. The van der Waals surface area contributed by atoms with Crippen LogP contribution in [0.25, 0.3) is 20.2 Å². The predicted molar refractivity (Wildman–Crippen MR) is 72.2 cm³/mol. The average Bonchev–Trinajstić information content (AvgIpc) is 2.39. The summed E-state index contributed by atoms with van der Waals surface area (Å²) in [6.07, 6.45) is 0. The molecule has 0 bridgehead atoms. The number of fused-ring (bicyclic) bond motifs is 2. The largest absolute Gasteiger partial charge is 0.289 e. The normalized spacial score (nSPS) is 11.0. The molecule has 0 aliphatic heterocycles. The summed E-state index contributed by atoms with van der Waals surface area (Å²) in [5, 5.41) is 11.4. The van der Waals surface area contributed by atoms with Crippen molar-refractivity contribution in [3.05, 3.63) is 62.6 Å². The average molecular weight is 275 g/mol. The number of nitro groups is 1. The maximum Gasteiger partial charge on any atom is 0.270 e. The fourth-order valence-electron chi connectivity index (χ4n) is 1.93. The summed E-state index contributed by atoms with van der Waals surface area (Å²) in [5.74, 6) is -0.474. The minimum absolute atomic E-state index is 0.0652. The van der Waals surface area contributed by atoms with Crippen molar-refractivity contribution in [3.63, 3.8) is 0 Å². The number of rotatable bonds is 1. The van der Waals surface area contributed by atoms with Crippen LogP contribution in [0.1, 0.15) is 0 Å². The van der Waals surface area contributed by atoms with Crippen molar-refractivity contribution in [3.8, 4) is 0 Å². The lowest BCUT2D eigenvalue weighted by atomic mass is 10.1. The van der Waals surface area contributed by atoms with Gasteiger partial charge in [0.05, 0.1) is 4.92 Å². The van der Waals surface area contributed by atoms with Gasteiger partial charge in [-0.1, -0.05) is 0 Å². The van der Waals surface area contributed by atoms with E-state index in [1.54, 1.807) is 0 Å². The zero-order valence-corrected chi connectivity index (χ0v) is 10.2. The minimum Gasteiger partial charge on any atom is -0.289 e. The number of hydrogen-bond acceptors (Lipinski definition) is 4. The van der Waals surface area contributed by atoms with Crippen molar-refractivity contribution < 1.29 is 9.31 Å². The quantitative estimate of drug-likeness (QED) is 0.388. The van der Waals surface area contributed by atoms with E-state index in [9.17, 15) is 19.3 Å². The first-order valence-corrected chi connectivity index (χ1v) is 6.18. The molecule has 0 amide bonds. The molecule has 0 fully saturated rings. The minimum atomic E-state index is -0.508. The van der Waals surface area contributed by atoms with E-state index in [4.69, 9.17) is 0 Å². The molecule has 0 unspecified atom stereocenters. The van der Waals surface area contributed by atoms with Crippen molar-refractivity contribution in [1.29, 1.82) is 0 Å². The topological polar surface area (TPSA) is 60.2 Å². The van der Waals surface area contributed by atoms with Crippen LogP contribution in [0.15, 0.2) is 41.2 Å². The lowest BCUT2D eigenvalue weighted by molar-refractivity contribution is -0.384. The first-order chi connectivity index (χ1) is 9.06. The molecule has 0 saturated carbocycles. The molecule has 3 aromatic rings. The molecule has 0 spiro atoms. The van der Waals surface area contributed by atoms with Crippen molar-refractivity contribution in [2.75, 3.05) is 0 Å². The molecule has 0 atom stereocenters. The van der Waals surface area contributed by atoms with Crippen LogP contribution in [0.5, 0.6) is 0 Å². The van der Waals surface area contributed by atoms with E-state index in [1.165, 1.54) is 47.7 Å². The lowest BCUT2D eigenvalue weighted by Crippen LogP contribution is -2.01. The molecule has 2 aromatic carbocycles. The monoisotopic (exact) mass is 275 g/mol. The van der Waals surface area contributed by atoms with Gasteiger partial charge in [0.2, 0.25) is 0 Å². The Labute approximate surface area is 109 Å². The van der Waals surface area contributed by atoms with E-state index in [-0.39, 0.29) is 11.1 Å². The predicted octanol–water partition coefficient (Wildman–Crippen LogP) is 3.46. The lowest BCUT2D eigenvalue weighted by Gasteiger charge is -2.01. The first kappa shape index (κ1) is 11.7. The van der Waals surface area contributed by atoms with Crippen molar-refractivity contribution in [2.45, 2.75) is 0 Å². The molecule has 0 N–H and O–H groups in total. The highest BCUT2D eigenvalue weighted by Crippen LogP contribution is 2.27. The Bertz CT molecular complexity index is 888. The molecule has 6 heteroatoms. The fourth-order valence-corrected chi connectivity index (χ4v) is 3.01. The molecule has 1 heterocycles. The van der Waals surface area contributed by atoms with E-state index in [0.29, 0.717) is 20.2 Å². The number of hydrogen-bond donors (Lipinski definition) is 0. The van der Waals surface area contributed by atoms with Crippen molar-refractivity contribution in [2.24, 2.45) is 0 Å². The second kappa shape index (κ2) is 4.10. The maximum atomic E-state index is 13.2. The molecule has 3 rings (SSSR count). The summed E-state index contributed by atoms with van der Waals surface area (Å²) in [5.41, 5.74) is -0.372. The molecule has 0 radical (unpaired) electrons. The molecule has 4 nitrogen and oxygen atoms in total. The summed E-state index contributed by atoms with van der Waals surface area (Å²) < 4.78 is 14.3. The van der Waals surface area contributed by atoms with Crippen LogP contribution in [-0.4, -0.2) is 4.92 Å². The van der Waals surface area contributed by atoms with Crippen LogP contribution in [0, 0.1) is 15.9 Å². The van der Waals surface area contributed by atoms with Gasteiger partial charge in [-0.05, 0) is 24.3 Å². The molecule has 0 aliphatic carbocycles. The van der Waals surface area contributed by atoms with Gasteiger partial charge in [0.15, 0.2) is 5.43 Å². The van der Waals surface area contributed by atoms with Gasteiger partial charge < -0.3 is 0 Å². The highest BCUT2D eigenvalue weighted by Gasteiger charge is 2.11. The van der Waals surface area contributed by atoms with Crippen LogP contribution in [0.2, 0.25) is 0 Å². The number of nitro benzene ring substituents is 1. The van der Waals surface area contributed by atoms with Crippen molar-refractivity contribution in [1.82, 2.24) is 0 Å². The number of halogens is 1. The van der Waals surface area contributed by atoms with Crippen molar-refractivity contribution >= 4 is 37.2 Å². The Hall–Kier alpha value is -2.34. The van der Waals surface area contributed by atoms with Crippen LogP contribution >= 0.6 is 11.3 Å². The van der Waals surface area contributed by atoms with Gasteiger partial charge in [-0.3, -0.25) is 14.9 Å². The van der Waals surface area contributed by atoms with Crippen LogP contribution in [0.3, 0.4) is 0 Å². The summed E-state index contributed by atoms with van der Waals surface area (Å²) in [6.45, 7) is 0. The smallest absolute Gasteiger partial charge is 0.270 e. The van der Waals surface area contributed by atoms with Gasteiger partial charge in [-0.15, -0.1) is 11.3 Å². The Balaban J connectivity index is 2.46.